The van der Waals surface area contributed by atoms with Gasteiger partial charge in [-0.1, -0.05) is 182 Å². The third-order valence-electron chi connectivity index (χ3n) is 10.3. The number of pyridine rings is 2. The second-order valence-corrected chi connectivity index (χ2v) is 13.9. The highest BCUT2D eigenvalue weighted by molar-refractivity contribution is 6.09. The summed E-state index contributed by atoms with van der Waals surface area (Å²) in [6.07, 6.45) is 0. The lowest BCUT2D eigenvalue weighted by molar-refractivity contribution is 1.18. The second-order valence-electron chi connectivity index (χ2n) is 13.9. The maximum atomic E-state index is 5.40. The Labute approximate surface area is 325 Å². The van der Waals surface area contributed by atoms with Gasteiger partial charge in [0.2, 0.25) is 0 Å². The summed E-state index contributed by atoms with van der Waals surface area (Å²) in [5.74, 6) is 0.674. The third-order valence-corrected chi connectivity index (χ3v) is 10.3. The molecule has 0 aliphatic rings. The molecule has 262 valence electrons. The van der Waals surface area contributed by atoms with E-state index in [0.717, 1.165) is 89.1 Å². The van der Waals surface area contributed by atoms with Crippen molar-refractivity contribution in [1.82, 2.24) is 19.9 Å². The first-order valence-electron chi connectivity index (χ1n) is 18.8. The van der Waals surface area contributed by atoms with Gasteiger partial charge < -0.3 is 0 Å². The molecule has 0 atom stereocenters. The molecule has 0 N–H and O–H groups in total. The molecule has 0 aliphatic heterocycles. The van der Waals surface area contributed by atoms with Gasteiger partial charge in [0.15, 0.2) is 5.82 Å². The first-order valence-corrected chi connectivity index (χ1v) is 18.8. The average molecular weight is 715 g/mol. The van der Waals surface area contributed by atoms with Crippen LogP contribution in [0.15, 0.2) is 206 Å². The first-order chi connectivity index (χ1) is 27.7. The number of hydrogen-bond acceptors (Lipinski definition) is 4. The summed E-state index contributed by atoms with van der Waals surface area (Å²) in [6, 6.07) is 71.5. The van der Waals surface area contributed by atoms with Crippen LogP contribution in [0.1, 0.15) is 0 Å². The molecule has 0 bridgehead atoms. The van der Waals surface area contributed by atoms with Crippen molar-refractivity contribution in [3.63, 3.8) is 0 Å². The third kappa shape index (κ3) is 6.40. The van der Waals surface area contributed by atoms with Crippen molar-refractivity contribution in [2.45, 2.75) is 0 Å². The molecular weight excluding hydrogens is 681 g/mol. The summed E-state index contributed by atoms with van der Waals surface area (Å²) in [7, 11) is 0. The topological polar surface area (TPSA) is 51.6 Å². The molecule has 10 aromatic rings. The van der Waals surface area contributed by atoms with Crippen molar-refractivity contribution < 1.29 is 0 Å². The van der Waals surface area contributed by atoms with E-state index in [0.29, 0.717) is 5.82 Å². The van der Waals surface area contributed by atoms with Gasteiger partial charge in [-0.05, 0) is 46.5 Å². The Bertz CT molecular complexity index is 2980. The Morgan fingerprint density at radius 2 is 0.714 bits per heavy atom. The van der Waals surface area contributed by atoms with Gasteiger partial charge in [-0.3, -0.25) is 0 Å². The van der Waals surface area contributed by atoms with Gasteiger partial charge in [-0.25, -0.2) is 19.9 Å². The minimum absolute atomic E-state index is 0.674. The van der Waals surface area contributed by atoms with Crippen LogP contribution in [0.5, 0.6) is 0 Å². The zero-order valence-electron chi connectivity index (χ0n) is 30.4. The lowest BCUT2D eigenvalue weighted by atomic mass is 9.96. The quantitative estimate of drug-likeness (QED) is 0.154. The van der Waals surface area contributed by atoms with Gasteiger partial charge >= 0.3 is 0 Å². The monoisotopic (exact) mass is 714 g/mol. The van der Waals surface area contributed by atoms with E-state index < -0.39 is 0 Å². The van der Waals surface area contributed by atoms with E-state index in [1.165, 1.54) is 5.56 Å². The minimum Gasteiger partial charge on any atom is -0.245 e. The van der Waals surface area contributed by atoms with Crippen molar-refractivity contribution in [2.24, 2.45) is 0 Å². The molecular formula is C52H34N4. The summed E-state index contributed by atoms with van der Waals surface area (Å²) >= 11 is 0. The zero-order valence-corrected chi connectivity index (χ0v) is 30.4. The van der Waals surface area contributed by atoms with E-state index >= 15 is 0 Å². The van der Waals surface area contributed by atoms with E-state index in [9.17, 15) is 0 Å². The fourth-order valence-electron chi connectivity index (χ4n) is 7.41. The van der Waals surface area contributed by atoms with E-state index in [2.05, 4.69) is 164 Å². The number of aromatic nitrogens is 4. The van der Waals surface area contributed by atoms with Crippen LogP contribution in [-0.2, 0) is 0 Å². The number of rotatable bonds is 7. The number of hydrogen-bond donors (Lipinski definition) is 0. The first kappa shape index (κ1) is 33.0. The van der Waals surface area contributed by atoms with E-state index in [1.807, 2.05) is 42.5 Å². The molecule has 4 heteroatoms. The van der Waals surface area contributed by atoms with Crippen LogP contribution in [0, 0.1) is 0 Å². The standard InChI is InChI=1S/C52H34N4/c1-5-14-35(15-6-1)36-24-26-41(27-25-36)52-55-48(39-20-11-4-12-21-39)34-49(56-52)43-23-13-22-42(32-43)47-33-45(37-16-7-2-8-17-37)44-30-28-40-29-31-46(38-18-9-3-10-19-38)53-50(40)51(44)54-47/h1-34H. The zero-order chi connectivity index (χ0) is 37.3. The van der Waals surface area contributed by atoms with Crippen LogP contribution in [-0.4, -0.2) is 19.9 Å². The summed E-state index contributed by atoms with van der Waals surface area (Å²) in [6.45, 7) is 0. The van der Waals surface area contributed by atoms with Gasteiger partial charge in [0.1, 0.15) is 0 Å². The average Bonchev–Trinajstić information content (AvgIpc) is 3.29. The molecule has 0 saturated heterocycles. The van der Waals surface area contributed by atoms with Crippen molar-refractivity contribution in [2.75, 3.05) is 0 Å². The number of benzene rings is 7. The highest BCUT2D eigenvalue weighted by atomic mass is 14.9. The van der Waals surface area contributed by atoms with Crippen molar-refractivity contribution in [1.29, 1.82) is 0 Å². The van der Waals surface area contributed by atoms with Crippen LogP contribution in [0.4, 0.5) is 0 Å². The second kappa shape index (κ2) is 14.3. The fourth-order valence-corrected chi connectivity index (χ4v) is 7.41. The molecule has 0 fully saturated rings. The maximum absolute atomic E-state index is 5.40. The SMILES string of the molecule is c1ccc(-c2ccc(-c3nc(-c4ccccc4)cc(-c4cccc(-c5cc(-c6ccccc6)c6ccc7ccc(-c8ccccc8)nc7c6n5)c4)n3)cc2)cc1. The predicted molar refractivity (Wildman–Crippen MR) is 231 cm³/mol. The molecule has 3 aromatic heterocycles. The molecule has 0 spiro atoms. The smallest absolute Gasteiger partial charge is 0.160 e. The van der Waals surface area contributed by atoms with Crippen molar-refractivity contribution >= 4 is 21.8 Å². The van der Waals surface area contributed by atoms with Gasteiger partial charge in [0.05, 0.1) is 33.8 Å². The van der Waals surface area contributed by atoms with Crippen LogP contribution in [0.25, 0.3) is 100 Å². The number of fused-ring (bicyclic) bond motifs is 3. The summed E-state index contributed by atoms with van der Waals surface area (Å²) < 4.78 is 0. The van der Waals surface area contributed by atoms with Crippen LogP contribution < -0.4 is 0 Å². The Morgan fingerprint density at radius 1 is 0.250 bits per heavy atom. The molecule has 4 nitrogen and oxygen atoms in total. The molecule has 0 amide bonds. The van der Waals surface area contributed by atoms with Crippen LogP contribution in [0.3, 0.4) is 0 Å². The molecule has 0 unspecified atom stereocenters. The van der Waals surface area contributed by atoms with Crippen molar-refractivity contribution in [3.8, 4) is 78.7 Å². The van der Waals surface area contributed by atoms with Crippen LogP contribution >= 0.6 is 0 Å². The minimum atomic E-state index is 0.674. The Balaban J connectivity index is 1.13. The van der Waals surface area contributed by atoms with Gasteiger partial charge in [0.25, 0.3) is 0 Å². The molecule has 0 radical (unpaired) electrons. The summed E-state index contributed by atoms with van der Waals surface area (Å²) in [5.41, 5.74) is 14.8. The molecule has 10 rings (SSSR count). The van der Waals surface area contributed by atoms with Crippen LogP contribution in [0.2, 0.25) is 0 Å². The van der Waals surface area contributed by atoms with E-state index in [-0.39, 0.29) is 0 Å². The lowest BCUT2D eigenvalue weighted by Crippen LogP contribution is -1.97. The Kier molecular flexibility index (Phi) is 8.47. The normalized spacial score (nSPS) is 11.2. The van der Waals surface area contributed by atoms with Gasteiger partial charge in [-0.2, -0.15) is 0 Å². The molecule has 0 saturated carbocycles. The molecule has 56 heavy (non-hydrogen) atoms. The molecule has 3 heterocycles. The largest absolute Gasteiger partial charge is 0.245 e. The fraction of sp³-hybridized carbons (Fsp3) is 0. The molecule has 7 aromatic carbocycles. The Morgan fingerprint density at radius 3 is 1.36 bits per heavy atom. The van der Waals surface area contributed by atoms with Crippen molar-refractivity contribution in [3.05, 3.63) is 206 Å². The van der Waals surface area contributed by atoms with Gasteiger partial charge in [0, 0.05) is 38.6 Å². The summed E-state index contributed by atoms with van der Waals surface area (Å²) in [4.78, 5) is 20.9. The maximum Gasteiger partial charge on any atom is 0.160 e. The van der Waals surface area contributed by atoms with E-state index in [1.54, 1.807) is 0 Å². The van der Waals surface area contributed by atoms with E-state index in [4.69, 9.17) is 19.9 Å². The molecule has 0 aliphatic carbocycles. The predicted octanol–water partition coefficient (Wildman–Crippen LogP) is 13.2. The highest BCUT2D eigenvalue weighted by Crippen LogP contribution is 2.37. The number of nitrogens with zero attached hydrogens (tertiary/aromatic N) is 4. The van der Waals surface area contributed by atoms with Gasteiger partial charge in [-0.15, -0.1) is 0 Å². The summed E-state index contributed by atoms with van der Waals surface area (Å²) in [5, 5.41) is 2.11. The lowest BCUT2D eigenvalue weighted by Gasteiger charge is -2.14. The highest BCUT2D eigenvalue weighted by Gasteiger charge is 2.16. The Hall–Kier alpha value is -7.56.